The summed E-state index contributed by atoms with van der Waals surface area (Å²) >= 11 is 1.16. The molecule has 0 radical (unpaired) electrons. The van der Waals surface area contributed by atoms with Crippen LogP contribution in [0.5, 0.6) is 5.75 Å². The van der Waals surface area contributed by atoms with Crippen LogP contribution in [0, 0.1) is 0 Å². The van der Waals surface area contributed by atoms with Gasteiger partial charge in [-0.2, -0.15) is 0 Å². The molecule has 2 heterocycles. The summed E-state index contributed by atoms with van der Waals surface area (Å²) in [5, 5.41) is 7.33. The number of thioether (sulfide) groups is 1. The highest BCUT2D eigenvalue weighted by atomic mass is 32.2. The van der Waals surface area contributed by atoms with Crippen molar-refractivity contribution < 1.29 is 19.1 Å². The molecular formula is C14H14N4O4S. The van der Waals surface area contributed by atoms with Gasteiger partial charge in [0, 0.05) is 5.56 Å². The van der Waals surface area contributed by atoms with Gasteiger partial charge in [-0.1, -0.05) is 11.8 Å². The molecule has 0 unspecified atom stereocenters. The van der Waals surface area contributed by atoms with Crippen molar-refractivity contribution in [3.05, 3.63) is 24.3 Å². The van der Waals surface area contributed by atoms with E-state index in [1.165, 1.54) is 0 Å². The van der Waals surface area contributed by atoms with Crippen LogP contribution in [0.15, 0.2) is 29.4 Å². The minimum atomic E-state index is -0.593. The number of ether oxygens (including phenoxy) is 2. The maximum absolute atomic E-state index is 11.9. The second-order valence-corrected chi connectivity index (χ2v) is 5.59. The SMILES string of the molecule is COc1ccc(-c2nc(SCC(=O)N3CCOC3=O)n[nH]2)cc1. The number of hydrogen-bond donors (Lipinski definition) is 1. The van der Waals surface area contributed by atoms with Gasteiger partial charge in [0.15, 0.2) is 5.82 Å². The number of H-pyrrole nitrogens is 1. The van der Waals surface area contributed by atoms with Gasteiger partial charge in [0.1, 0.15) is 12.4 Å². The lowest BCUT2D eigenvalue weighted by atomic mass is 10.2. The molecule has 1 aromatic carbocycles. The maximum atomic E-state index is 11.9. The van der Waals surface area contributed by atoms with Crippen LogP contribution in [0.2, 0.25) is 0 Å². The topological polar surface area (TPSA) is 97.4 Å². The zero-order valence-electron chi connectivity index (χ0n) is 12.3. The van der Waals surface area contributed by atoms with Gasteiger partial charge in [0.25, 0.3) is 0 Å². The third kappa shape index (κ3) is 3.45. The Morgan fingerprint density at radius 3 is 2.87 bits per heavy atom. The molecule has 0 aliphatic carbocycles. The van der Waals surface area contributed by atoms with E-state index in [1.807, 2.05) is 24.3 Å². The van der Waals surface area contributed by atoms with Gasteiger partial charge in [-0.05, 0) is 24.3 Å². The first-order chi connectivity index (χ1) is 11.2. The lowest BCUT2D eigenvalue weighted by Crippen LogP contribution is -2.33. The number of nitrogens with one attached hydrogen (secondary N) is 1. The summed E-state index contributed by atoms with van der Waals surface area (Å²) in [5.41, 5.74) is 0.861. The summed E-state index contributed by atoms with van der Waals surface area (Å²) in [6.07, 6.45) is -0.593. The molecule has 8 nitrogen and oxygen atoms in total. The van der Waals surface area contributed by atoms with Gasteiger partial charge in [0.05, 0.1) is 19.4 Å². The second kappa shape index (κ2) is 6.69. The number of imide groups is 1. The van der Waals surface area contributed by atoms with Crippen LogP contribution in [0.4, 0.5) is 4.79 Å². The largest absolute Gasteiger partial charge is 0.497 e. The summed E-state index contributed by atoms with van der Waals surface area (Å²) in [4.78, 5) is 28.6. The van der Waals surface area contributed by atoms with E-state index in [1.54, 1.807) is 7.11 Å². The Hall–Kier alpha value is -2.55. The molecule has 1 aliphatic rings. The van der Waals surface area contributed by atoms with Crippen molar-refractivity contribution in [1.29, 1.82) is 0 Å². The van der Waals surface area contributed by atoms with E-state index in [4.69, 9.17) is 9.47 Å². The fraction of sp³-hybridized carbons (Fsp3) is 0.286. The van der Waals surface area contributed by atoms with Crippen molar-refractivity contribution >= 4 is 23.8 Å². The number of hydrogen-bond acceptors (Lipinski definition) is 7. The second-order valence-electron chi connectivity index (χ2n) is 4.64. The molecule has 23 heavy (non-hydrogen) atoms. The van der Waals surface area contributed by atoms with Gasteiger partial charge in [0.2, 0.25) is 11.1 Å². The van der Waals surface area contributed by atoms with Crippen molar-refractivity contribution in [2.24, 2.45) is 0 Å². The van der Waals surface area contributed by atoms with E-state index in [0.29, 0.717) is 17.5 Å². The molecule has 2 aromatic rings. The first-order valence-corrected chi connectivity index (χ1v) is 7.82. The van der Waals surface area contributed by atoms with Crippen molar-refractivity contribution in [2.75, 3.05) is 26.0 Å². The van der Waals surface area contributed by atoms with Crippen LogP contribution in [0.25, 0.3) is 11.4 Å². The molecule has 120 valence electrons. The maximum Gasteiger partial charge on any atom is 0.416 e. The van der Waals surface area contributed by atoms with E-state index in [2.05, 4.69) is 15.2 Å². The molecule has 1 fully saturated rings. The number of amides is 2. The Labute approximate surface area is 136 Å². The highest BCUT2D eigenvalue weighted by Crippen LogP contribution is 2.22. The number of cyclic esters (lactones) is 1. The highest BCUT2D eigenvalue weighted by molar-refractivity contribution is 7.99. The number of rotatable bonds is 5. The standard InChI is InChI=1S/C14H14N4O4S/c1-21-10-4-2-9(3-5-10)12-15-13(17-16-12)23-8-11(19)18-6-7-22-14(18)20/h2-5H,6-8H2,1H3,(H,15,16,17). The summed E-state index contributed by atoms with van der Waals surface area (Å²) in [6, 6.07) is 7.37. The van der Waals surface area contributed by atoms with Gasteiger partial charge >= 0.3 is 6.09 Å². The highest BCUT2D eigenvalue weighted by Gasteiger charge is 2.28. The molecule has 0 spiro atoms. The third-order valence-electron chi connectivity index (χ3n) is 3.21. The molecule has 3 rings (SSSR count). The molecule has 1 N–H and O–H groups in total. The smallest absolute Gasteiger partial charge is 0.416 e. The van der Waals surface area contributed by atoms with Gasteiger partial charge < -0.3 is 9.47 Å². The molecule has 0 bridgehead atoms. The van der Waals surface area contributed by atoms with Crippen LogP contribution >= 0.6 is 11.8 Å². The minimum absolute atomic E-state index is 0.0784. The van der Waals surface area contributed by atoms with E-state index < -0.39 is 6.09 Å². The van der Waals surface area contributed by atoms with Crippen molar-refractivity contribution in [3.63, 3.8) is 0 Å². The zero-order valence-corrected chi connectivity index (χ0v) is 13.1. The Balaban J connectivity index is 1.60. The van der Waals surface area contributed by atoms with Gasteiger partial charge in [-0.15, -0.1) is 5.10 Å². The van der Waals surface area contributed by atoms with Crippen LogP contribution in [-0.2, 0) is 9.53 Å². The Bertz CT molecular complexity index is 716. The Kier molecular flexibility index (Phi) is 4.47. The van der Waals surface area contributed by atoms with Crippen LogP contribution < -0.4 is 4.74 Å². The molecular weight excluding hydrogens is 320 g/mol. The number of carbonyl (C=O) groups is 2. The fourth-order valence-corrected chi connectivity index (χ4v) is 2.69. The van der Waals surface area contributed by atoms with Gasteiger partial charge in [-0.3, -0.25) is 9.89 Å². The number of aromatic amines is 1. The first kappa shape index (κ1) is 15.3. The third-order valence-corrected chi connectivity index (χ3v) is 4.05. The summed E-state index contributed by atoms with van der Waals surface area (Å²) < 4.78 is 9.83. The Morgan fingerprint density at radius 2 is 2.22 bits per heavy atom. The first-order valence-electron chi connectivity index (χ1n) is 6.84. The molecule has 1 saturated heterocycles. The lowest BCUT2D eigenvalue weighted by Gasteiger charge is -2.08. The van der Waals surface area contributed by atoms with E-state index in [-0.39, 0.29) is 18.3 Å². The number of methoxy groups -OCH3 is 1. The predicted octanol–water partition coefficient (Wildman–Crippen LogP) is 1.55. The zero-order chi connectivity index (χ0) is 16.2. The van der Waals surface area contributed by atoms with Gasteiger partial charge in [-0.25, -0.2) is 14.7 Å². The van der Waals surface area contributed by atoms with E-state index >= 15 is 0 Å². The number of aromatic nitrogens is 3. The molecule has 1 aromatic heterocycles. The average molecular weight is 334 g/mol. The average Bonchev–Trinajstić information content (AvgIpc) is 3.22. The van der Waals surface area contributed by atoms with Crippen LogP contribution in [-0.4, -0.2) is 58.1 Å². The summed E-state index contributed by atoms with van der Waals surface area (Å²) in [7, 11) is 1.60. The minimum Gasteiger partial charge on any atom is -0.497 e. The molecule has 9 heteroatoms. The van der Waals surface area contributed by atoms with Crippen LogP contribution in [0.1, 0.15) is 0 Å². The molecule has 2 amide bonds. The van der Waals surface area contributed by atoms with Crippen molar-refractivity contribution in [3.8, 4) is 17.1 Å². The van der Waals surface area contributed by atoms with Crippen molar-refractivity contribution in [1.82, 2.24) is 20.1 Å². The number of nitrogens with zero attached hydrogens (tertiary/aromatic N) is 3. The summed E-state index contributed by atoms with van der Waals surface area (Å²) in [6.45, 7) is 0.542. The Morgan fingerprint density at radius 1 is 1.43 bits per heavy atom. The number of carbonyl (C=O) groups excluding carboxylic acids is 2. The normalized spacial score (nSPS) is 14.0. The lowest BCUT2D eigenvalue weighted by molar-refractivity contribution is -0.125. The predicted molar refractivity (Wildman–Crippen MR) is 82.2 cm³/mol. The van der Waals surface area contributed by atoms with Crippen molar-refractivity contribution in [2.45, 2.75) is 5.16 Å². The monoisotopic (exact) mass is 334 g/mol. The van der Waals surface area contributed by atoms with E-state index in [0.717, 1.165) is 28.0 Å². The fourth-order valence-electron chi connectivity index (χ4n) is 2.01. The summed E-state index contributed by atoms with van der Waals surface area (Å²) in [5.74, 6) is 1.12. The number of benzene rings is 1. The molecule has 0 saturated carbocycles. The molecule has 1 aliphatic heterocycles. The molecule has 0 atom stereocenters. The van der Waals surface area contributed by atoms with Crippen LogP contribution in [0.3, 0.4) is 0 Å². The van der Waals surface area contributed by atoms with E-state index in [9.17, 15) is 9.59 Å². The quantitative estimate of drug-likeness (QED) is 0.828.